The Hall–Kier alpha value is -2.45. The van der Waals surface area contributed by atoms with Crippen LogP contribution in [-0.2, 0) is 11.2 Å². The fourth-order valence-electron chi connectivity index (χ4n) is 3.22. The summed E-state index contributed by atoms with van der Waals surface area (Å²) in [6.07, 6.45) is -1.59. The average Bonchev–Trinajstić information content (AvgIpc) is 2.66. The summed E-state index contributed by atoms with van der Waals surface area (Å²) in [6.45, 7) is 2.29. The summed E-state index contributed by atoms with van der Waals surface area (Å²) in [6, 6.07) is 5.87. The maximum absolute atomic E-state index is 12.2. The van der Waals surface area contributed by atoms with E-state index in [1.54, 1.807) is 26.2 Å². The number of alkyl halides is 3. The Balaban J connectivity index is 1.75. The summed E-state index contributed by atoms with van der Waals surface area (Å²) in [4.78, 5) is 18.0. The molecule has 0 spiro atoms. The van der Waals surface area contributed by atoms with E-state index in [1.807, 2.05) is 0 Å². The molecule has 9 heteroatoms. The fourth-order valence-corrected chi connectivity index (χ4v) is 3.22. The average molecular weight is 400 g/mol. The number of halogens is 3. The zero-order chi connectivity index (χ0) is 20.6. The lowest BCUT2D eigenvalue weighted by molar-refractivity contribution is -0.274. The number of carbonyl (C=O) groups excluding carboxylic acids is 1. The van der Waals surface area contributed by atoms with Gasteiger partial charge in [-0.2, -0.15) is 0 Å². The highest BCUT2D eigenvalue weighted by Crippen LogP contribution is 2.23. The molecule has 1 aliphatic heterocycles. The summed E-state index contributed by atoms with van der Waals surface area (Å²) in [7, 11) is 3.38. The molecular weight excluding hydrogens is 373 g/mol. The molecule has 1 fully saturated rings. The minimum atomic E-state index is -4.68. The number of benzene rings is 1. The third-order valence-corrected chi connectivity index (χ3v) is 4.73. The van der Waals surface area contributed by atoms with Crippen LogP contribution in [0, 0.1) is 5.92 Å². The van der Waals surface area contributed by atoms with Crippen LogP contribution in [-0.4, -0.2) is 56.9 Å². The van der Waals surface area contributed by atoms with Gasteiger partial charge in [-0.15, -0.1) is 13.2 Å². The lowest BCUT2D eigenvalue weighted by atomic mass is 9.93. The molecule has 6 nitrogen and oxygen atoms in total. The van der Waals surface area contributed by atoms with Crippen molar-refractivity contribution in [1.29, 1.82) is 0 Å². The number of carbonyl (C=O) groups is 1. The molecule has 1 saturated heterocycles. The van der Waals surface area contributed by atoms with Gasteiger partial charge in [-0.1, -0.05) is 12.1 Å². The van der Waals surface area contributed by atoms with E-state index in [1.165, 1.54) is 12.1 Å². The zero-order valence-corrected chi connectivity index (χ0v) is 16.2. The van der Waals surface area contributed by atoms with Crippen molar-refractivity contribution in [2.45, 2.75) is 32.0 Å². The lowest BCUT2D eigenvalue weighted by Gasteiger charge is -2.34. The Bertz CT molecular complexity index is 654. The smallest absolute Gasteiger partial charge is 0.406 e. The van der Waals surface area contributed by atoms with Gasteiger partial charge in [0.05, 0.1) is 0 Å². The van der Waals surface area contributed by atoms with Crippen molar-refractivity contribution in [2.75, 3.05) is 33.7 Å². The fraction of sp³-hybridized carbons (Fsp3) is 0.579. The molecule has 28 heavy (non-hydrogen) atoms. The molecule has 0 bridgehead atoms. The van der Waals surface area contributed by atoms with Gasteiger partial charge in [0.2, 0.25) is 5.91 Å². The van der Waals surface area contributed by atoms with Crippen LogP contribution >= 0.6 is 0 Å². The largest absolute Gasteiger partial charge is 0.573 e. The summed E-state index contributed by atoms with van der Waals surface area (Å²) >= 11 is 0. The highest BCUT2D eigenvalue weighted by Gasteiger charge is 2.31. The van der Waals surface area contributed by atoms with Crippen molar-refractivity contribution in [3.05, 3.63) is 29.8 Å². The van der Waals surface area contributed by atoms with Gasteiger partial charge in [0.15, 0.2) is 5.96 Å². The van der Waals surface area contributed by atoms with Crippen molar-refractivity contribution in [1.82, 2.24) is 15.5 Å². The molecule has 0 unspecified atom stereocenters. The zero-order valence-electron chi connectivity index (χ0n) is 16.2. The molecule has 1 aromatic rings. The van der Waals surface area contributed by atoms with Gasteiger partial charge in [-0.25, -0.2) is 0 Å². The van der Waals surface area contributed by atoms with Gasteiger partial charge >= 0.3 is 6.36 Å². The standard InChI is InChI=1S/C19H27F3N4O2/c1-23-17(27)13-15-8-11-26(12-9-15)18(24-2)25-10-7-14-3-5-16(6-4-14)28-19(20,21)22/h3-6,15H,7-13H2,1-2H3,(H,23,27)(H,24,25). The number of rotatable bonds is 6. The van der Waals surface area contributed by atoms with E-state index in [9.17, 15) is 18.0 Å². The second kappa shape index (κ2) is 10.2. The van der Waals surface area contributed by atoms with Crippen LogP contribution < -0.4 is 15.4 Å². The molecule has 1 amide bonds. The molecule has 2 N–H and O–H groups in total. The number of guanidine groups is 1. The number of nitrogens with zero attached hydrogens (tertiary/aromatic N) is 2. The van der Waals surface area contributed by atoms with Gasteiger partial charge in [0.25, 0.3) is 0 Å². The number of hydrogen-bond donors (Lipinski definition) is 2. The predicted octanol–water partition coefficient (Wildman–Crippen LogP) is 2.55. The first-order valence-electron chi connectivity index (χ1n) is 9.31. The number of aliphatic imine (C=N–C) groups is 1. The Morgan fingerprint density at radius 3 is 2.43 bits per heavy atom. The van der Waals surface area contributed by atoms with E-state index in [2.05, 4.69) is 25.3 Å². The SMILES string of the molecule is CN=C(NCCc1ccc(OC(F)(F)F)cc1)N1CCC(CC(=O)NC)CC1. The monoisotopic (exact) mass is 400 g/mol. The molecule has 0 atom stereocenters. The van der Waals surface area contributed by atoms with Crippen LogP contribution in [0.25, 0.3) is 0 Å². The summed E-state index contributed by atoms with van der Waals surface area (Å²) in [5.41, 5.74) is 0.904. The molecule has 1 aromatic carbocycles. The number of piperidine rings is 1. The van der Waals surface area contributed by atoms with Crippen LogP contribution in [0.5, 0.6) is 5.75 Å². The van der Waals surface area contributed by atoms with Crippen molar-refractivity contribution < 1.29 is 22.7 Å². The van der Waals surface area contributed by atoms with Gasteiger partial charge in [0.1, 0.15) is 5.75 Å². The molecule has 0 aliphatic carbocycles. The summed E-state index contributed by atoms with van der Waals surface area (Å²) in [5, 5.41) is 5.96. The normalized spacial score (nSPS) is 16.0. The van der Waals surface area contributed by atoms with Gasteiger partial charge < -0.3 is 20.3 Å². The highest BCUT2D eigenvalue weighted by molar-refractivity contribution is 5.80. The topological polar surface area (TPSA) is 66.0 Å². The minimum Gasteiger partial charge on any atom is -0.406 e. The van der Waals surface area contributed by atoms with Gasteiger partial charge in [0, 0.05) is 40.2 Å². The number of nitrogens with one attached hydrogen (secondary N) is 2. The molecular formula is C19H27F3N4O2. The Morgan fingerprint density at radius 2 is 1.89 bits per heavy atom. The van der Waals surface area contributed by atoms with Crippen LogP contribution in [0.3, 0.4) is 0 Å². The van der Waals surface area contributed by atoms with Crippen molar-refractivity contribution >= 4 is 11.9 Å². The highest BCUT2D eigenvalue weighted by atomic mass is 19.4. The Kier molecular flexibility index (Phi) is 7.95. The third kappa shape index (κ3) is 7.28. The van der Waals surface area contributed by atoms with Gasteiger partial charge in [-0.05, 0) is 42.9 Å². The number of likely N-dealkylation sites (tertiary alicyclic amines) is 1. The first kappa shape index (κ1) is 21.8. The Morgan fingerprint density at radius 1 is 1.25 bits per heavy atom. The van der Waals surface area contributed by atoms with E-state index in [-0.39, 0.29) is 11.7 Å². The molecule has 0 radical (unpaired) electrons. The van der Waals surface area contributed by atoms with E-state index >= 15 is 0 Å². The van der Waals surface area contributed by atoms with E-state index in [4.69, 9.17) is 0 Å². The molecule has 1 aliphatic rings. The van der Waals surface area contributed by atoms with Crippen molar-refractivity contribution in [3.8, 4) is 5.75 Å². The quantitative estimate of drug-likeness (QED) is 0.569. The Labute approximate surface area is 163 Å². The second-order valence-electron chi connectivity index (χ2n) is 6.72. The van der Waals surface area contributed by atoms with E-state index in [0.29, 0.717) is 25.3 Å². The summed E-state index contributed by atoms with van der Waals surface area (Å²) in [5.74, 6) is 1.05. The van der Waals surface area contributed by atoms with Crippen LogP contribution in [0.2, 0.25) is 0 Å². The van der Waals surface area contributed by atoms with Crippen molar-refractivity contribution in [2.24, 2.45) is 10.9 Å². The van der Waals surface area contributed by atoms with Crippen molar-refractivity contribution in [3.63, 3.8) is 0 Å². The molecule has 2 rings (SSSR count). The second-order valence-corrected chi connectivity index (χ2v) is 6.72. The van der Waals surface area contributed by atoms with E-state index < -0.39 is 6.36 Å². The van der Waals surface area contributed by atoms with Crippen LogP contribution in [0.15, 0.2) is 29.3 Å². The predicted molar refractivity (Wildman–Crippen MR) is 101 cm³/mol. The third-order valence-electron chi connectivity index (χ3n) is 4.73. The van der Waals surface area contributed by atoms with Crippen LogP contribution in [0.4, 0.5) is 13.2 Å². The van der Waals surface area contributed by atoms with Gasteiger partial charge in [-0.3, -0.25) is 9.79 Å². The minimum absolute atomic E-state index is 0.0765. The maximum Gasteiger partial charge on any atom is 0.573 e. The first-order chi connectivity index (χ1) is 13.3. The molecule has 0 saturated carbocycles. The number of hydrogen-bond acceptors (Lipinski definition) is 3. The summed E-state index contributed by atoms with van der Waals surface area (Å²) < 4.78 is 40.4. The van der Waals surface area contributed by atoms with E-state index in [0.717, 1.165) is 37.5 Å². The number of ether oxygens (including phenoxy) is 1. The molecule has 1 heterocycles. The number of amides is 1. The first-order valence-corrected chi connectivity index (χ1v) is 9.31. The maximum atomic E-state index is 12.2. The lowest BCUT2D eigenvalue weighted by Crippen LogP contribution is -2.46. The molecule has 156 valence electrons. The van der Waals surface area contributed by atoms with Crippen LogP contribution in [0.1, 0.15) is 24.8 Å². The molecule has 0 aromatic heterocycles.